The van der Waals surface area contributed by atoms with Gasteiger partial charge in [-0.2, -0.15) is 0 Å². The highest BCUT2D eigenvalue weighted by atomic mass is 19.2. The summed E-state index contributed by atoms with van der Waals surface area (Å²) in [6.07, 6.45) is 7.33. The summed E-state index contributed by atoms with van der Waals surface area (Å²) < 4.78 is 57.2. The van der Waals surface area contributed by atoms with Gasteiger partial charge in [-0.05, 0) is 42.1 Å². The van der Waals surface area contributed by atoms with E-state index < -0.39 is 23.3 Å². The standard InChI is InChI=1S/C27H30F4/c1-10-12-14-17(3)21(7)26(30)27(31)23(9)19(5)16-15-18(4)22(8)25(29)24(28)20(6)13-11-2/h11,14-16H,2,4-10,12-13H2,1,3H3/b16-15-,17-14+,25-24-,27-26-. The van der Waals surface area contributed by atoms with Crippen molar-refractivity contribution in [2.75, 3.05) is 0 Å². The molecule has 31 heavy (non-hydrogen) atoms. The Morgan fingerprint density at radius 1 is 0.710 bits per heavy atom. The molecule has 0 nitrogen and oxygen atoms in total. The van der Waals surface area contributed by atoms with Crippen molar-refractivity contribution in [1.82, 2.24) is 0 Å². The molecule has 0 heterocycles. The molecule has 0 aromatic heterocycles. The molecule has 0 unspecified atom stereocenters. The van der Waals surface area contributed by atoms with Crippen molar-refractivity contribution < 1.29 is 17.6 Å². The van der Waals surface area contributed by atoms with Crippen molar-refractivity contribution in [1.29, 1.82) is 0 Å². The Kier molecular flexibility index (Phi) is 11.9. The Bertz CT molecular complexity index is 930. The fourth-order valence-electron chi connectivity index (χ4n) is 2.16. The Labute approximate surface area is 183 Å². The largest absolute Gasteiger partial charge is 0.203 e. The van der Waals surface area contributed by atoms with Gasteiger partial charge in [-0.25, -0.2) is 17.6 Å². The smallest absolute Gasteiger partial charge is 0.166 e. The third kappa shape index (κ3) is 8.25. The molecule has 0 aliphatic rings. The molecule has 0 amide bonds. The number of unbranched alkanes of at least 4 members (excludes halogenated alkanes) is 1. The zero-order valence-corrected chi connectivity index (χ0v) is 18.4. The number of halogens is 4. The van der Waals surface area contributed by atoms with Crippen LogP contribution >= 0.6 is 0 Å². The van der Waals surface area contributed by atoms with E-state index in [1.807, 2.05) is 6.92 Å². The monoisotopic (exact) mass is 430 g/mol. The first-order valence-corrected chi connectivity index (χ1v) is 9.61. The molecule has 0 aliphatic carbocycles. The highest BCUT2D eigenvalue weighted by molar-refractivity contribution is 5.55. The average Bonchev–Trinajstić information content (AvgIpc) is 2.76. The predicted octanol–water partition coefficient (Wildman–Crippen LogP) is 9.50. The van der Waals surface area contributed by atoms with Crippen LogP contribution in [0.3, 0.4) is 0 Å². The summed E-state index contributed by atoms with van der Waals surface area (Å²) in [7, 11) is 0. The van der Waals surface area contributed by atoms with Crippen LogP contribution in [0, 0.1) is 0 Å². The first kappa shape index (κ1) is 27.9. The maximum atomic E-state index is 14.5. The molecule has 0 saturated carbocycles. The molecule has 4 heteroatoms. The molecule has 0 fully saturated rings. The number of allylic oxidation sites excluding steroid dienone is 15. The van der Waals surface area contributed by atoms with Crippen molar-refractivity contribution in [3.05, 3.63) is 133 Å². The minimum Gasteiger partial charge on any atom is -0.203 e. The van der Waals surface area contributed by atoms with Crippen LogP contribution in [0.4, 0.5) is 17.6 Å². The van der Waals surface area contributed by atoms with Crippen molar-refractivity contribution in [2.24, 2.45) is 0 Å². The van der Waals surface area contributed by atoms with Gasteiger partial charge in [-0.3, -0.25) is 0 Å². The maximum Gasteiger partial charge on any atom is 0.166 e. The maximum absolute atomic E-state index is 14.5. The van der Waals surface area contributed by atoms with Crippen LogP contribution in [0.5, 0.6) is 0 Å². The predicted molar refractivity (Wildman–Crippen MR) is 126 cm³/mol. The van der Waals surface area contributed by atoms with Gasteiger partial charge in [0.05, 0.1) is 0 Å². The van der Waals surface area contributed by atoms with E-state index in [4.69, 9.17) is 0 Å². The van der Waals surface area contributed by atoms with Gasteiger partial charge < -0.3 is 0 Å². The van der Waals surface area contributed by atoms with Gasteiger partial charge in [0.1, 0.15) is 0 Å². The second-order valence-electron chi connectivity index (χ2n) is 6.85. The van der Waals surface area contributed by atoms with Gasteiger partial charge in [0.2, 0.25) is 0 Å². The average molecular weight is 431 g/mol. The lowest BCUT2D eigenvalue weighted by Gasteiger charge is -2.09. The number of hydrogen-bond donors (Lipinski definition) is 0. The van der Waals surface area contributed by atoms with E-state index >= 15 is 0 Å². The van der Waals surface area contributed by atoms with Crippen molar-refractivity contribution >= 4 is 0 Å². The summed E-state index contributed by atoms with van der Waals surface area (Å²) in [4.78, 5) is 0. The van der Waals surface area contributed by atoms with Crippen LogP contribution in [0.25, 0.3) is 0 Å². The molecular formula is C27H30F4. The third-order valence-electron chi connectivity index (χ3n) is 4.36. The summed E-state index contributed by atoms with van der Waals surface area (Å²) >= 11 is 0. The minimum absolute atomic E-state index is 0.0145. The molecule has 0 atom stereocenters. The molecule has 0 bridgehead atoms. The van der Waals surface area contributed by atoms with Gasteiger partial charge in [-0.1, -0.05) is 77.1 Å². The fraction of sp³-hybridized carbons (Fsp3) is 0.185. The Morgan fingerprint density at radius 2 is 1.13 bits per heavy atom. The molecule has 166 valence electrons. The molecule has 0 N–H and O–H groups in total. The first-order chi connectivity index (χ1) is 14.4. The van der Waals surface area contributed by atoms with Gasteiger partial charge >= 0.3 is 0 Å². The summed E-state index contributed by atoms with van der Waals surface area (Å²) in [6, 6.07) is 0. The normalized spacial score (nSPS) is 13.3. The highest BCUT2D eigenvalue weighted by Crippen LogP contribution is 2.31. The molecule has 0 aliphatic heterocycles. The molecule has 0 radical (unpaired) electrons. The molecule has 0 aromatic carbocycles. The van der Waals surface area contributed by atoms with E-state index in [9.17, 15) is 17.6 Å². The lowest BCUT2D eigenvalue weighted by atomic mass is 10.00. The minimum atomic E-state index is -1.21. The van der Waals surface area contributed by atoms with E-state index in [0.717, 1.165) is 6.42 Å². The van der Waals surface area contributed by atoms with Gasteiger partial charge in [0.15, 0.2) is 23.3 Å². The zero-order chi connectivity index (χ0) is 24.3. The van der Waals surface area contributed by atoms with E-state index in [0.29, 0.717) is 12.0 Å². The highest BCUT2D eigenvalue weighted by Gasteiger charge is 2.16. The Morgan fingerprint density at radius 3 is 1.55 bits per heavy atom. The lowest BCUT2D eigenvalue weighted by Crippen LogP contribution is -1.94. The van der Waals surface area contributed by atoms with Crippen LogP contribution in [0.2, 0.25) is 0 Å². The zero-order valence-electron chi connectivity index (χ0n) is 18.4. The molecule has 0 saturated heterocycles. The quantitative estimate of drug-likeness (QED) is 0.155. The topological polar surface area (TPSA) is 0 Å². The summed E-state index contributed by atoms with van der Waals surface area (Å²) in [5.74, 6) is -4.70. The fourth-order valence-corrected chi connectivity index (χ4v) is 2.16. The van der Waals surface area contributed by atoms with Crippen LogP contribution in [-0.4, -0.2) is 0 Å². The molecule has 0 aromatic rings. The second kappa shape index (κ2) is 13.2. The van der Waals surface area contributed by atoms with Gasteiger partial charge in [-0.15, -0.1) is 6.58 Å². The van der Waals surface area contributed by atoms with Crippen molar-refractivity contribution in [2.45, 2.75) is 33.1 Å². The second-order valence-corrected chi connectivity index (χ2v) is 6.85. The summed E-state index contributed by atoms with van der Waals surface area (Å²) in [5, 5.41) is 0. The number of hydrogen-bond acceptors (Lipinski definition) is 0. The first-order valence-electron chi connectivity index (χ1n) is 9.61. The molecule has 0 rings (SSSR count). The number of rotatable bonds is 13. The van der Waals surface area contributed by atoms with Crippen LogP contribution in [0.1, 0.15) is 33.1 Å². The molecule has 0 spiro atoms. The Hall–Kier alpha value is -3.14. The summed E-state index contributed by atoms with van der Waals surface area (Å²) in [5.41, 5.74) is -0.233. The van der Waals surface area contributed by atoms with Gasteiger partial charge in [0, 0.05) is 16.7 Å². The van der Waals surface area contributed by atoms with E-state index in [-0.39, 0.29) is 39.9 Å². The van der Waals surface area contributed by atoms with E-state index in [1.165, 1.54) is 18.2 Å². The lowest BCUT2D eigenvalue weighted by molar-refractivity contribution is 0.555. The van der Waals surface area contributed by atoms with Gasteiger partial charge in [0.25, 0.3) is 0 Å². The van der Waals surface area contributed by atoms with Crippen molar-refractivity contribution in [3.63, 3.8) is 0 Å². The van der Waals surface area contributed by atoms with Crippen LogP contribution in [-0.2, 0) is 0 Å². The van der Waals surface area contributed by atoms with E-state index in [1.54, 1.807) is 13.0 Å². The molecular weight excluding hydrogens is 400 g/mol. The van der Waals surface area contributed by atoms with Crippen LogP contribution in [0.15, 0.2) is 133 Å². The third-order valence-corrected chi connectivity index (χ3v) is 4.36. The van der Waals surface area contributed by atoms with E-state index in [2.05, 4.69) is 46.1 Å². The SMILES string of the molecule is C=CCC(=C)/C(F)=C(/F)C(=C)C(=C)/C=C\C(=C)C(=C)/C(F)=C(/F)C(=C)/C(C)=C/CCC. The van der Waals surface area contributed by atoms with Crippen molar-refractivity contribution in [3.8, 4) is 0 Å². The van der Waals surface area contributed by atoms with Crippen LogP contribution < -0.4 is 0 Å². The Balaban J connectivity index is 5.47. The summed E-state index contributed by atoms with van der Waals surface area (Å²) in [6.45, 7) is 28.3.